The number of hydrogen-bond acceptors (Lipinski definition) is 2. The number of rotatable bonds is 5. The van der Waals surface area contributed by atoms with Gasteiger partial charge >= 0.3 is 6.03 Å². The van der Waals surface area contributed by atoms with Gasteiger partial charge in [-0.2, -0.15) is 0 Å². The highest BCUT2D eigenvalue weighted by molar-refractivity contribution is 5.89. The second-order valence-electron chi connectivity index (χ2n) is 5.83. The highest BCUT2D eigenvalue weighted by Gasteiger charge is 2.04. The third kappa shape index (κ3) is 5.38. The van der Waals surface area contributed by atoms with Gasteiger partial charge in [0.1, 0.15) is 5.82 Å². The number of anilines is 1. The van der Waals surface area contributed by atoms with E-state index in [1.54, 1.807) is 19.1 Å². The summed E-state index contributed by atoms with van der Waals surface area (Å²) in [5, 5.41) is 5.51. The zero-order valence-electron chi connectivity index (χ0n) is 13.7. The lowest BCUT2D eigenvalue weighted by Crippen LogP contribution is -2.28. The van der Waals surface area contributed by atoms with Crippen LogP contribution in [0.25, 0.3) is 0 Å². The molecule has 0 atom stereocenters. The zero-order valence-corrected chi connectivity index (χ0v) is 13.7. The van der Waals surface area contributed by atoms with Crippen LogP contribution in [0.2, 0.25) is 0 Å². The van der Waals surface area contributed by atoms with Crippen molar-refractivity contribution >= 4 is 11.7 Å². The molecule has 2 N–H and O–H groups in total. The maximum absolute atomic E-state index is 13.2. The van der Waals surface area contributed by atoms with Crippen molar-refractivity contribution in [2.24, 2.45) is 0 Å². The zero-order chi connectivity index (χ0) is 16.8. The van der Waals surface area contributed by atoms with Crippen molar-refractivity contribution in [3.05, 3.63) is 65.0 Å². The Morgan fingerprint density at radius 2 is 1.87 bits per heavy atom. The molecule has 2 amide bonds. The third-order valence-electron chi connectivity index (χ3n) is 3.36. The van der Waals surface area contributed by atoms with Gasteiger partial charge in [-0.1, -0.05) is 24.3 Å². The maximum Gasteiger partial charge on any atom is 0.319 e. The summed E-state index contributed by atoms with van der Waals surface area (Å²) in [4.78, 5) is 14.0. The second kappa shape index (κ2) is 7.74. The molecule has 0 saturated carbocycles. The number of halogens is 1. The molecule has 0 aliphatic heterocycles. The van der Waals surface area contributed by atoms with E-state index in [1.807, 2.05) is 26.2 Å². The highest BCUT2D eigenvalue weighted by atomic mass is 19.1. The Balaban J connectivity index is 1.90. The van der Waals surface area contributed by atoms with Crippen LogP contribution in [-0.4, -0.2) is 25.0 Å². The summed E-state index contributed by atoms with van der Waals surface area (Å²) in [5.74, 6) is -0.284. The summed E-state index contributed by atoms with van der Waals surface area (Å²) in [6.07, 6.45) is 0. The number of urea groups is 1. The van der Waals surface area contributed by atoms with E-state index in [2.05, 4.69) is 27.7 Å². The van der Waals surface area contributed by atoms with Crippen molar-refractivity contribution in [1.82, 2.24) is 10.2 Å². The SMILES string of the molecule is Cc1cc(NC(=O)NCc2cccc(CN(C)C)c2)ccc1F. The molecule has 0 fully saturated rings. The van der Waals surface area contributed by atoms with Crippen molar-refractivity contribution in [1.29, 1.82) is 0 Å². The summed E-state index contributed by atoms with van der Waals surface area (Å²) in [5.41, 5.74) is 3.31. The summed E-state index contributed by atoms with van der Waals surface area (Å²) in [6.45, 7) is 2.96. The van der Waals surface area contributed by atoms with Gasteiger partial charge in [-0.15, -0.1) is 0 Å². The standard InChI is InChI=1S/C18H22FN3O/c1-13-9-16(7-8-17(13)19)21-18(23)20-11-14-5-4-6-15(10-14)12-22(2)3/h4-10H,11-12H2,1-3H3,(H2,20,21,23). The molecule has 0 spiro atoms. The van der Waals surface area contributed by atoms with Gasteiger partial charge in [0.15, 0.2) is 0 Å². The first-order chi connectivity index (χ1) is 10.9. The van der Waals surface area contributed by atoms with E-state index >= 15 is 0 Å². The lowest BCUT2D eigenvalue weighted by molar-refractivity contribution is 0.251. The Hall–Kier alpha value is -2.40. The van der Waals surface area contributed by atoms with Crippen molar-refractivity contribution in [3.8, 4) is 0 Å². The fourth-order valence-electron chi connectivity index (χ4n) is 2.28. The van der Waals surface area contributed by atoms with Crippen LogP contribution in [0.1, 0.15) is 16.7 Å². The lowest BCUT2D eigenvalue weighted by Gasteiger charge is -2.12. The molecule has 122 valence electrons. The Morgan fingerprint density at radius 3 is 2.57 bits per heavy atom. The third-order valence-corrected chi connectivity index (χ3v) is 3.36. The number of carbonyl (C=O) groups excluding carboxylic acids is 1. The van der Waals surface area contributed by atoms with Gasteiger partial charge in [0.2, 0.25) is 0 Å². The minimum atomic E-state index is -0.311. The Kier molecular flexibility index (Phi) is 5.71. The van der Waals surface area contributed by atoms with Gasteiger partial charge in [-0.25, -0.2) is 9.18 Å². The van der Waals surface area contributed by atoms with E-state index in [1.165, 1.54) is 11.6 Å². The average molecular weight is 315 g/mol. The normalized spacial score (nSPS) is 10.7. The molecule has 0 aromatic heterocycles. The van der Waals surface area contributed by atoms with Gasteiger partial charge < -0.3 is 15.5 Å². The fourth-order valence-corrected chi connectivity index (χ4v) is 2.28. The van der Waals surface area contributed by atoms with Crippen LogP contribution < -0.4 is 10.6 Å². The molecule has 0 bridgehead atoms. The molecule has 2 aromatic rings. The molecule has 23 heavy (non-hydrogen) atoms. The number of aryl methyl sites for hydroxylation is 1. The van der Waals surface area contributed by atoms with E-state index in [0.717, 1.165) is 12.1 Å². The predicted octanol–water partition coefficient (Wildman–Crippen LogP) is 3.52. The molecule has 0 saturated heterocycles. The first-order valence-electron chi connectivity index (χ1n) is 7.47. The highest BCUT2D eigenvalue weighted by Crippen LogP contribution is 2.13. The minimum Gasteiger partial charge on any atom is -0.334 e. The number of nitrogens with one attached hydrogen (secondary N) is 2. The van der Waals surface area contributed by atoms with Gasteiger partial charge in [0, 0.05) is 18.8 Å². The largest absolute Gasteiger partial charge is 0.334 e. The van der Waals surface area contributed by atoms with Crippen LogP contribution in [-0.2, 0) is 13.1 Å². The van der Waals surface area contributed by atoms with Gasteiger partial charge in [0.05, 0.1) is 0 Å². The van der Waals surface area contributed by atoms with Crippen LogP contribution in [0, 0.1) is 12.7 Å². The Labute approximate surface area is 136 Å². The smallest absolute Gasteiger partial charge is 0.319 e. The van der Waals surface area contributed by atoms with Crippen LogP contribution in [0.5, 0.6) is 0 Å². The van der Waals surface area contributed by atoms with Gasteiger partial charge in [0.25, 0.3) is 0 Å². The molecule has 2 aromatic carbocycles. The van der Waals surface area contributed by atoms with Crippen molar-refractivity contribution in [3.63, 3.8) is 0 Å². The van der Waals surface area contributed by atoms with E-state index in [9.17, 15) is 9.18 Å². The summed E-state index contributed by atoms with van der Waals surface area (Å²) >= 11 is 0. The van der Waals surface area contributed by atoms with Gasteiger partial charge in [-0.3, -0.25) is 0 Å². The maximum atomic E-state index is 13.2. The summed E-state index contributed by atoms with van der Waals surface area (Å²) in [7, 11) is 4.03. The minimum absolute atomic E-state index is 0.284. The second-order valence-corrected chi connectivity index (χ2v) is 5.83. The molecule has 0 aliphatic carbocycles. The monoisotopic (exact) mass is 315 g/mol. The van der Waals surface area contributed by atoms with Crippen molar-refractivity contribution < 1.29 is 9.18 Å². The molecular formula is C18H22FN3O. The first-order valence-corrected chi connectivity index (χ1v) is 7.47. The van der Waals surface area contributed by atoms with Gasteiger partial charge in [-0.05, 0) is 55.9 Å². The molecule has 0 heterocycles. The summed E-state index contributed by atoms with van der Waals surface area (Å²) < 4.78 is 13.2. The van der Waals surface area contributed by atoms with E-state index in [4.69, 9.17) is 0 Å². The lowest BCUT2D eigenvalue weighted by atomic mass is 10.1. The number of nitrogens with zero attached hydrogens (tertiary/aromatic N) is 1. The molecule has 2 rings (SSSR count). The quantitative estimate of drug-likeness (QED) is 0.887. The number of carbonyl (C=O) groups is 1. The van der Waals surface area contributed by atoms with Crippen LogP contribution in [0.4, 0.5) is 14.9 Å². The average Bonchev–Trinajstić information content (AvgIpc) is 2.49. The van der Waals surface area contributed by atoms with Crippen molar-refractivity contribution in [2.75, 3.05) is 19.4 Å². The number of amides is 2. The molecule has 0 radical (unpaired) electrons. The predicted molar refractivity (Wildman–Crippen MR) is 90.8 cm³/mol. The first kappa shape index (κ1) is 17.0. The van der Waals surface area contributed by atoms with E-state index in [0.29, 0.717) is 17.8 Å². The molecule has 0 unspecified atom stereocenters. The van der Waals surface area contributed by atoms with E-state index in [-0.39, 0.29) is 11.8 Å². The summed E-state index contributed by atoms with van der Waals surface area (Å²) in [6, 6.07) is 12.3. The molecule has 5 heteroatoms. The van der Waals surface area contributed by atoms with Crippen LogP contribution in [0.3, 0.4) is 0 Å². The topological polar surface area (TPSA) is 44.4 Å². The molecular weight excluding hydrogens is 293 g/mol. The molecule has 0 aliphatic rings. The Morgan fingerprint density at radius 1 is 1.13 bits per heavy atom. The Bertz CT molecular complexity index is 686. The van der Waals surface area contributed by atoms with Crippen LogP contribution >= 0.6 is 0 Å². The number of hydrogen-bond donors (Lipinski definition) is 2. The van der Waals surface area contributed by atoms with E-state index < -0.39 is 0 Å². The van der Waals surface area contributed by atoms with Crippen LogP contribution in [0.15, 0.2) is 42.5 Å². The molecule has 4 nitrogen and oxygen atoms in total. The van der Waals surface area contributed by atoms with Crippen molar-refractivity contribution in [2.45, 2.75) is 20.0 Å². The fraction of sp³-hybridized carbons (Fsp3) is 0.278. The number of benzene rings is 2.